The Balaban J connectivity index is 1.73. The molecule has 8 heteroatoms. The highest BCUT2D eigenvalue weighted by Gasteiger charge is 2.31. The van der Waals surface area contributed by atoms with Crippen LogP contribution in [0.15, 0.2) is 46.0 Å². The first-order valence-electron chi connectivity index (χ1n) is 7.67. The van der Waals surface area contributed by atoms with Crippen LogP contribution in [0.25, 0.3) is 0 Å². The monoisotopic (exact) mass is 365 g/mol. The summed E-state index contributed by atoms with van der Waals surface area (Å²) in [6.45, 7) is 0.404. The highest BCUT2D eigenvalue weighted by Crippen LogP contribution is 2.32. The predicted octanol–water partition coefficient (Wildman–Crippen LogP) is 2.02. The molecular weight excluding hydrogens is 346 g/mol. The highest BCUT2D eigenvalue weighted by atomic mass is 32.2. The van der Waals surface area contributed by atoms with Crippen LogP contribution in [0, 0.1) is 5.92 Å². The molecule has 1 amide bonds. The number of amides is 1. The molecule has 0 saturated heterocycles. The summed E-state index contributed by atoms with van der Waals surface area (Å²) in [6.07, 6.45) is 2.17. The lowest BCUT2D eigenvalue weighted by Crippen LogP contribution is -2.41. The minimum absolute atomic E-state index is 0.0241. The molecule has 0 bridgehead atoms. The third-order valence-electron chi connectivity index (χ3n) is 3.90. The van der Waals surface area contributed by atoms with Crippen LogP contribution in [0.5, 0.6) is 0 Å². The molecule has 0 radical (unpaired) electrons. The molecule has 6 nitrogen and oxygen atoms in total. The summed E-state index contributed by atoms with van der Waals surface area (Å²) in [5.74, 6) is 0.217. The average Bonchev–Trinajstić information content (AvgIpc) is 3.24. The Morgan fingerprint density at radius 1 is 1.29 bits per heavy atom. The van der Waals surface area contributed by atoms with Crippen LogP contribution in [0.1, 0.15) is 23.2 Å². The van der Waals surface area contributed by atoms with Gasteiger partial charge in [0.25, 0.3) is 15.9 Å². The molecular formula is C16H19N3O3S2. The van der Waals surface area contributed by atoms with Gasteiger partial charge in [-0.3, -0.25) is 9.52 Å². The minimum Gasteiger partial charge on any atom is -0.348 e. The van der Waals surface area contributed by atoms with Crippen molar-refractivity contribution in [3.8, 4) is 0 Å². The maximum atomic E-state index is 12.4. The molecule has 1 aliphatic carbocycles. The first-order valence-corrected chi connectivity index (χ1v) is 10.0. The van der Waals surface area contributed by atoms with Gasteiger partial charge in [-0.15, -0.1) is 11.3 Å². The first kappa shape index (κ1) is 16.9. The molecule has 4 N–H and O–H groups in total. The van der Waals surface area contributed by atoms with Crippen LogP contribution in [-0.4, -0.2) is 26.9 Å². The van der Waals surface area contributed by atoms with E-state index in [-0.39, 0.29) is 16.2 Å². The van der Waals surface area contributed by atoms with Gasteiger partial charge in [-0.1, -0.05) is 12.1 Å². The van der Waals surface area contributed by atoms with Gasteiger partial charge < -0.3 is 11.1 Å². The quantitative estimate of drug-likeness (QED) is 0.698. The Bertz CT molecular complexity index is 815. The average molecular weight is 365 g/mol. The fourth-order valence-electron chi connectivity index (χ4n) is 2.47. The molecule has 1 atom stereocenters. The second kappa shape index (κ2) is 6.92. The highest BCUT2D eigenvalue weighted by molar-refractivity contribution is 7.94. The van der Waals surface area contributed by atoms with E-state index in [1.54, 1.807) is 29.6 Å². The fourth-order valence-corrected chi connectivity index (χ4v) is 4.51. The summed E-state index contributed by atoms with van der Waals surface area (Å²) < 4.78 is 27.2. The van der Waals surface area contributed by atoms with Crippen LogP contribution in [-0.2, 0) is 10.0 Å². The van der Waals surface area contributed by atoms with Crippen molar-refractivity contribution in [3.63, 3.8) is 0 Å². The van der Waals surface area contributed by atoms with Crippen LogP contribution >= 0.6 is 11.3 Å². The first-order chi connectivity index (χ1) is 11.5. The van der Waals surface area contributed by atoms with Crippen molar-refractivity contribution in [1.29, 1.82) is 0 Å². The van der Waals surface area contributed by atoms with E-state index >= 15 is 0 Å². The molecule has 1 aromatic carbocycles. The zero-order chi connectivity index (χ0) is 17.2. The smallest absolute Gasteiger partial charge is 0.271 e. The van der Waals surface area contributed by atoms with Gasteiger partial charge in [0.1, 0.15) is 4.21 Å². The van der Waals surface area contributed by atoms with Crippen LogP contribution in [0.2, 0.25) is 0 Å². The van der Waals surface area contributed by atoms with Gasteiger partial charge >= 0.3 is 0 Å². The summed E-state index contributed by atoms with van der Waals surface area (Å²) in [5.41, 5.74) is 6.46. The van der Waals surface area contributed by atoms with Crippen molar-refractivity contribution in [2.75, 3.05) is 11.3 Å². The standard InChI is InChI=1S/C16H19N3O3S2/c17-10-14(11-6-7-11)18-16(20)12-3-1-4-13(9-12)19-24(21,22)15-5-2-8-23-15/h1-5,8-9,11,14,19H,6-7,10,17H2,(H,18,20). The van der Waals surface area contributed by atoms with Crippen molar-refractivity contribution >= 4 is 33.0 Å². The predicted molar refractivity (Wildman–Crippen MR) is 94.6 cm³/mol. The lowest BCUT2D eigenvalue weighted by atomic mass is 10.1. The number of anilines is 1. The van der Waals surface area contributed by atoms with Gasteiger partial charge in [0.2, 0.25) is 0 Å². The van der Waals surface area contributed by atoms with E-state index in [1.165, 1.54) is 12.1 Å². The van der Waals surface area contributed by atoms with E-state index in [1.807, 2.05) is 0 Å². The summed E-state index contributed by atoms with van der Waals surface area (Å²) in [4.78, 5) is 12.4. The van der Waals surface area contributed by atoms with Crippen LogP contribution in [0.3, 0.4) is 0 Å². The lowest BCUT2D eigenvalue weighted by molar-refractivity contribution is 0.0933. The van der Waals surface area contributed by atoms with Crippen molar-refractivity contribution < 1.29 is 13.2 Å². The summed E-state index contributed by atoms with van der Waals surface area (Å²) in [6, 6.07) is 9.63. The number of hydrogen-bond donors (Lipinski definition) is 3. The molecule has 0 aliphatic heterocycles. The lowest BCUT2D eigenvalue weighted by Gasteiger charge is -2.16. The third kappa shape index (κ3) is 3.95. The van der Waals surface area contributed by atoms with E-state index in [2.05, 4.69) is 10.0 Å². The fraction of sp³-hybridized carbons (Fsp3) is 0.312. The SMILES string of the molecule is NCC(NC(=O)c1cccc(NS(=O)(=O)c2cccs2)c1)C1CC1. The molecule has 0 spiro atoms. The topological polar surface area (TPSA) is 101 Å². The number of carbonyl (C=O) groups excluding carboxylic acids is 1. The van der Waals surface area contributed by atoms with Crippen LogP contribution in [0.4, 0.5) is 5.69 Å². The second-order valence-electron chi connectivity index (χ2n) is 5.77. The van der Waals surface area contributed by atoms with Crippen LogP contribution < -0.4 is 15.8 Å². The molecule has 24 heavy (non-hydrogen) atoms. The van der Waals surface area contributed by atoms with Gasteiger partial charge in [-0.25, -0.2) is 8.42 Å². The summed E-state index contributed by atoms with van der Waals surface area (Å²) >= 11 is 1.14. The largest absolute Gasteiger partial charge is 0.348 e. The molecule has 1 saturated carbocycles. The third-order valence-corrected chi connectivity index (χ3v) is 6.68. The van der Waals surface area contributed by atoms with E-state index in [4.69, 9.17) is 5.73 Å². The van der Waals surface area contributed by atoms with Gasteiger partial charge in [-0.05, 0) is 48.4 Å². The Morgan fingerprint density at radius 3 is 2.71 bits per heavy atom. The second-order valence-corrected chi connectivity index (χ2v) is 8.63. The Morgan fingerprint density at radius 2 is 2.08 bits per heavy atom. The minimum atomic E-state index is -3.63. The normalized spacial score (nSPS) is 15.7. The van der Waals surface area contributed by atoms with Gasteiger partial charge in [0.05, 0.1) is 0 Å². The van der Waals surface area contributed by atoms with Crippen molar-refractivity contribution in [3.05, 3.63) is 47.3 Å². The molecule has 3 rings (SSSR count). The number of nitrogens with one attached hydrogen (secondary N) is 2. The van der Waals surface area contributed by atoms with Gasteiger partial charge in [0.15, 0.2) is 0 Å². The van der Waals surface area contributed by atoms with Crippen molar-refractivity contribution in [2.45, 2.75) is 23.1 Å². The maximum absolute atomic E-state index is 12.4. The van der Waals surface area contributed by atoms with Crippen molar-refractivity contribution in [2.24, 2.45) is 11.7 Å². The van der Waals surface area contributed by atoms with E-state index in [0.717, 1.165) is 24.2 Å². The number of benzene rings is 1. The number of thiophene rings is 1. The zero-order valence-corrected chi connectivity index (χ0v) is 14.6. The van der Waals surface area contributed by atoms with Gasteiger partial charge in [-0.2, -0.15) is 0 Å². The molecule has 1 heterocycles. The molecule has 128 valence electrons. The van der Waals surface area contributed by atoms with E-state index < -0.39 is 10.0 Å². The Kier molecular flexibility index (Phi) is 4.88. The van der Waals surface area contributed by atoms with E-state index in [0.29, 0.717) is 23.7 Å². The molecule has 1 aliphatic rings. The molecule has 2 aromatic rings. The number of carbonyl (C=O) groups is 1. The summed E-state index contributed by atoms with van der Waals surface area (Å²) in [5, 5.41) is 4.62. The number of sulfonamides is 1. The summed E-state index contributed by atoms with van der Waals surface area (Å²) in [7, 11) is -3.63. The molecule has 1 unspecified atom stereocenters. The maximum Gasteiger partial charge on any atom is 0.271 e. The van der Waals surface area contributed by atoms with Crippen molar-refractivity contribution in [1.82, 2.24) is 5.32 Å². The Labute approximate surface area is 145 Å². The van der Waals surface area contributed by atoms with E-state index in [9.17, 15) is 13.2 Å². The number of rotatable bonds is 7. The number of nitrogens with two attached hydrogens (primary N) is 1. The Hall–Kier alpha value is -1.90. The zero-order valence-electron chi connectivity index (χ0n) is 12.9. The molecule has 1 fully saturated rings. The number of hydrogen-bond acceptors (Lipinski definition) is 5. The molecule has 1 aromatic heterocycles. The van der Waals surface area contributed by atoms with Gasteiger partial charge in [0, 0.05) is 23.8 Å².